The summed E-state index contributed by atoms with van der Waals surface area (Å²) < 4.78 is 25.6. The topological polar surface area (TPSA) is 55.1 Å². The number of hydrogen-bond donors (Lipinski definition) is 2. The van der Waals surface area contributed by atoms with Crippen molar-refractivity contribution in [2.24, 2.45) is 11.1 Å². The van der Waals surface area contributed by atoms with Crippen LogP contribution in [0, 0.1) is 5.41 Å². The maximum Gasteiger partial charge on any atom is 0.277 e. The Morgan fingerprint density at radius 1 is 1.50 bits per heavy atom. The van der Waals surface area contributed by atoms with Crippen LogP contribution in [0.3, 0.4) is 0 Å². The number of nitrogens with one attached hydrogen (secondary N) is 1. The number of alkyl halides is 2. The molecular weight excluding hydrogens is 238 g/mol. The normalized spacial score (nSPS) is 18.2. The van der Waals surface area contributed by atoms with Crippen LogP contribution in [0.15, 0.2) is 0 Å². The van der Waals surface area contributed by atoms with Crippen LogP contribution in [-0.2, 0) is 4.79 Å². The maximum atomic E-state index is 12.8. The van der Waals surface area contributed by atoms with Gasteiger partial charge in [0.2, 0.25) is 5.91 Å². The van der Waals surface area contributed by atoms with Crippen molar-refractivity contribution in [2.75, 3.05) is 13.1 Å². The van der Waals surface area contributed by atoms with Crippen LogP contribution in [0.1, 0.15) is 32.6 Å². The Hall–Kier alpha value is -0.420. The van der Waals surface area contributed by atoms with E-state index in [0.29, 0.717) is 6.42 Å². The number of rotatable bonds is 5. The molecule has 0 spiro atoms. The van der Waals surface area contributed by atoms with Gasteiger partial charge < -0.3 is 11.1 Å². The van der Waals surface area contributed by atoms with E-state index in [-0.39, 0.29) is 23.7 Å². The summed E-state index contributed by atoms with van der Waals surface area (Å²) in [5.74, 6) is -3.24. The van der Waals surface area contributed by atoms with Crippen molar-refractivity contribution in [2.45, 2.75) is 38.5 Å². The van der Waals surface area contributed by atoms with E-state index in [1.807, 2.05) is 6.92 Å². The second kappa shape index (κ2) is 5.77. The molecule has 0 atom stereocenters. The van der Waals surface area contributed by atoms with Crippen LogP contribution in [0.25, 0.3) is 0 Å². The number of carbonyl (C=O) groups is 1. The number of nitrogens with two attached hydrogens (primary N) is 1. The number of hydrogen-bond acceptors (Lipinski definition) is 2. The SMILES string of the molecule is CCC1(C(=O)NCC(F)(F)CN)CCC1.Cl. The molecule has 0 unspecified atom stereocenters. The quantitative estimate of drug-likeness (QED) is 0.787. The molecule has 1 aliphatic rings. The van der Waals surface area contributed by atoms with Crippen LogP contribution in [0.5, 0.6) is 0 Å². The fourth-order valence-electron chi connectivity index (χ4n) is 1.81. The first-order valence-corrected chi connectivity index (χ1v) is 5.32. The van der Waals surface area contributed by atoms with Crippen LogP contribution in [0.4, 0.5) is 8.78 Å². The molecule has 16 heavy (non-hydrogen) atoms. The van der Waals surface area contributed by atoms with E-state index >= 15 is 0 Å². The summed E-state index contributed by atoms with van der Waals surface area (Å²) in [6.45, 7) is 0.538. The highest BCUT2D eigenvalue weighted by Gasteiger charge is 2.43. The first-order valence-electron chi connectivity index (χ1n) is 5.32. The molecule has 0 bridgehead atoms. The summed E-state index contributed by atoms with van der Waals surface area (Å²) in [5, 5.41) is 2.30. The molecule has 1 fully saturated rings. The summed E-state index contributed by atoms with van der Waals surface area (Å²) in [6.07, 6.45) is 3.34. The van der Waals surface area contributed by atoms with E-state index in [9.17, 15) is 13.6 Å². The second-order valence-corrected chi connectivity index (χ2v) is 4.23. The van der Waals surface area contributed by atoms with Gasteiger partial charge >= 0.3 is 0 Å². The largest absolute Gasteiger partial charge is 0.350 e. The molecule has 0 aromatic rings. The van der Waals surface area contributed by atoms with E-state index in [1.165, 1.54) is 0 Å². The Morgan fingerprint density at radius 2 is 2.06 bits per heavy atom. The van der Waals surface area contributed by atoms with Gasteiger partial charge in [-0.1, -0.05) is 13.3 Å². The van der Waals surface area contributed by atoms with Gasteiger partial charge in [-0.2, -0.15) is 0 Å². The lowest BCUT2D eigenvalue weighted by Crippen LogP contribution is -2.49. The monoisotopic (exact) mass is 256 g/mol. The molecule has 1 amide bonds. The zero-order valence-electron chi connectivity index (χ0n) is 9.39. The Kier molecular flexibility index (Phi) is 5.62. The van der Waals surface area contributed by atoms with Gasteiger partial charge in [0.15, 0.2) is 0 Å². The molecule has 3 N–H and O–H groups in total. The summed E-state index contributed by atoms with van der Waals surface area (Å²) in [7, 11) is 0. The average molecular weight is 257 g/mol. The number of amides is 1. The zero-order valence-corrected chi connectivity index (χ0v) is 10.2. The molecule has 0 aliphatic heterocycles. The Bertz CT molecular complexity index is 239. The highest BCUT2D eigenvalue weighted by atomic mass is 35.5. The predicted molar refractivity (Wildman–Crippen MR) is 60.8 cm³/mol. The third-order valence-corrected chi connectivity index (χ3v) is 3.28. The predicted octanol–water partition coefficient (Wildman–Crippen LogP) is 1.70. The molecular formula is C10H19ClF2N2O. The Labute approximate surface area is 101 Å². The van der Waals surface area contributed by atoms with Gasteiger partial charge in [0.05, 0.1) is 13.1 Å². The van der Waals surface area contributed by atoms with Gasteiger partial charge in [-0.25, -0.2) is 8.78 Å². The minimum Gasteiger partial charge on any atom is -0.350 e. The summed E-state index contributed by atoms with van der Waals surface area (Å²) >= 11 is 0. The molecule has 3 nitrogen and oxygen atoms in total. The van der Waals surface area contributed by atoms with Crippen LogP contribution >= 0.6 is 12.4 Å². The van der Waals surface area contributed by atoms with E-state index in [1.54, 1.807) is 0 Å². The summed E-state index contributed by atoms with van der Waals surface area (Å²) in [5.41, 5.74) is 4.50. The maximum absolute atomic E-state index is 12.8. The van der Waals surface area contributed by atoms with E-state index < -0.39 is 19.0 Å². The molecule has 1 aliphatic carbocycles. The highest BCUT2D eigenvalue weighted by molar-refractivity contribution is 5.85. The second-order valence-electron chi connectivity index (χ2n) is 4.23. The van der Waals surface area contributed by atoms with Gasteiger partial charge in [0, 0.05) is 5.41 Å². The summed E-state index contributed by atoms with van der Waals surface area (Å²) in [6, 6.07) is 0. The van der Waals surface area contributed by atoms with Crippen molar-refractivity contribution in [3.05, 3.63) is 0 Å². The smallest absolute Gasteiger partial charge is 0.277 e. The lowest BCUT2D eigenvalue weighted by Gasteiger charge is -2.39. The highest BCUT2D eigenvalue weighted by Crippen LogP contribution is 2.43. The van der Waals surface area contributed by atoms with Gasteiger partial charge in [-0.15, -0.1) is 12.4 Å². The molecule has 0 aromatic carbocycles. The Morgan fingerprint density at radius 3 is 2.38 bits per heavy atom. The molecule has 1 rings (SSSR count). The molecule has 6 heteroatoms. The lowest BCUT2D eigenvalue weighted by atomic mass is 9.66. The molecule has 0 saturated heterocycles. The van der Waals surface area contributed by atoms with Gasteiger partial charge in [0.25, 0.3) is 5.92 Å². The fraction of sp³-hybridized carbons (Fsp3) is 0.900. The summed E-state index contributed by atoms with van der Waals surface area (Å²) in [4.78, 5) is 11.7. The minimum atomic E-state index is -2.99. The fourth-order valence-corrected chi connectivity index (χ4v) is 1.81. The number of halogens is 3. The standard InChI is InChI=1S/C10H18F2N2O.ClH/c1-2-9(4-3-5-9)8(15)14-7-10(11,12)6-13;/h2-7,13H2,1H3,(H,14,15);1H. The molecule has 0 heterocycles. The van der Waals surface area contributed by atoms with Crippen molar-refractivity contribution in [1.29, 1.82) is 0 Å². The zero-order chi connectivity index (χ0) is 11.5. The molecule has 0 radical (unpaired) electrons. The van der Waals surface area contributed by atoms with E-state index in [2.05, 4.69) is 5.32 Å². The first-order chi connectivity index (χ1) is 6.96. The van der Waals surface area contributed by atoms with Crippen molar-refractivity contribution >= 4 is 18.3 Å². The van der Waals surface area contributed by atoms with Gasteiger partial charge in [-0.3, -0.25) is 4.79 Å². The van der Waals surface area contributed by atoms with Gasteiger partial charge in [0.1, 0.15) is 0 Å². The molecule has 0 aromatic heterocycles. The van der Waals surface area contributed by atoms with Gasteiger partial charge in [-0.05, 0) is 19.3 Å². The first kappa shape index (κ1) is 15.6. The van der Waals surface area contributed by atoms with Crippen LogP contribution in [0.2, 0.25) is 0 Å². The van der Waals surface area contributed by atoms with Crippen LogP contribution < -0.4 is 11.1 Å². The Balaban J connectivity index is 0.00000225. The third-order valence-electron chi connectivity index (χ3n) is 3.28. The molecule has 96 valence electrons. The minimum absolute atomic E-state index is 0. The van der Waals surface area contributed by atoms with E-state index in [4.69, 9.17) is 5.73 Å². The average Bonchev–Trinajstić information content (AvgIpc) is 2.14. The van der Waals surface area contributed by atoms with Crippen LogP contribution in [-0.4, -0.2) is 24.9 Å². The van der Waals surface area contributed by atoms with Crippen molar-refractivity contribution in [3.63, 3.8) is 0 Å². The lowest BCUT2D eigenvalue weighted by molar-refractivity contribution is -0.138. The van der Waals surface area contributed by atoms with Crippen molar-refractivity contribution < 1.29 is 13.6 Å². The third kappa shape index (κ3) is 3.28. The van der Waals surface area contributed by atoms with E-state index in [0.717, 1.165) is 19.3 Å². The van der Waals surface area contributed by atoms with Crippen molar-refractivity contribution in [1.82, 2.24) is 5.32 Å². The number of carbonyl (C=O) groups excluding carboxylic acids is 1. The van der Waals surface area contributed by atoms with Crippen molar-refractivity contribution in [3.8, 4) is 0 Å². The molecule has 1 saturated carbocycles.